The van der Waals surface area contributed by atoms with Crippen molar-refractivity contribution in [3.05, 3.63) is 17.8 Å². The number of nitrogens with zero attached hydrogens (tertiary/aromatic N) is 1. The molecule has 92 valence electrons. The third-order valence-corrected chi connectivity index (χ3v) is 3.79. The average Bonchev–Trinajstić information content (AvgIpc) is 2.60. The largest absolute Gasteiger partial charge is 0.443 e. The molecule has 0 aliphatic heterocycles. The van der Waals surface area contributed by atoms with Crippen molar-refractivity contribution in [2.24, 2.45) is 0 Å². The zero-order chi connectivity index (χ0) is 12.3. The predicted octanol–water partition coefficient (Wildman–Crippen LogP) is 1.28. The molecule has 1 N–H and O–H groups in total. The first-order valence-electron chi connectivity index (χ1n) is 5.17. The highest BCUT2D eigenvalue weighted by Gasteiger charge is 2.21. The topological polar surface area (TPSA) is 72.2 Å². The van der Waals surface area contributed by atoms with Gasteiger partial charge < -0.3 is 9.73 Å². The minimum absolute atomic E-state index is 0.336. The zero-order valence-electron chi connectivity index (χ0n) is 10.0. The first kappa shape index (κ1) is 13.2. The molecule has 0 saturated heterocycles. The van der Waals surface area contributed by atoms with Gasteiger partial charge in [0.15, 0.2) is 9.84 Å². The third-order valence-electron chi connectivity index (χ3n) is 2.28. The third kappa shape index (κ3) is 3.61. The fourth-order valence-corrected chi connectivity index (χ4v) is 1.63. The average molecular weight is 246 g/mol. The van der Waals surface area contributed by atoms with Gasteiger partial charge in [-0.1, -0.05) is 13.8 Å². The molecular weight excluding hydrogens is 228 g/mol. The van der Waals surface area contributed by atoms with Crippen LogP contribution < -0.4 is 5.32 Å². The van der Waals surface area contributed by atoms with Crippen LogP contribution in [-0.4, -0.2) is 25.7 Å². The molecule has 5 nitrogen and oxygen atoms in total. The Hall–Kier alpha value is -0.880. The van der Waals surface area contributed by atoms with Gasteiger partial charge in [0.05, 0.1) is 12.7 Å². The maximum absolute atomic E-state index is 11.3. The van der Waals surface area contributed by atoms with Gasteiger partial charge in [-0.2, -0.15) is 0 Å². The van der Waals surface area contributed by atoms with Crippen LogP contribution in [0.5, 0.6) is 0 Å². The fraction of sp³-hybridized carbons (Fsp3) is 0.700. The first-order valence-corrected chi connectivity index (χ1v) is 7.13. The summed E-state index contributed by atoms with van der Waals surface area (Å²) in [6.07, 6.45) is 2.66. The number of hydrogen-bond donors (Lipinski definition) is 1. The van der Waals surface area contributed by atoms with E-state index in [1.807, 2.05) is 13.8 Å². The Bertz CT molecular complexity index is 437. The molecule has 0 fully saturated rings. The van der Waals surface area contributed by atoms with Crippen LogP contribution >= 0.6 is 0 Å². The Morgan fingerprint density at radius 2 is 2.06 bits per heavy atom. The minimum atomic E-state index is -3.13. The lowest BCUT2D eigenvalue weighted by Gasteiger charge is -2.05. The van der Waals surface area contributed by atoms with E-state index in [1.165, 1.54) is 12.5 Å². The summed E-state index contributed by atoms with van der Waals surface area (Å²) in [4.78, 5) is 4.03. The first-order chi connectivity index (χ1) is 7.30. The Morgan fingerprint density at radius 1 is 1.44 bits per heavy atom. The van der Waals surface area contributed by atoms with E-state index in [-0.39, 0.29) is 0 Å². The van der Waals surface area contributed by atoms with Gasteiger partial charge in [-0.05, 0) is 6.92 Å². The standard InChI is InChI=1S/C10H18N2O3S/c1-7(2)11-6-10-12-5-9(15-10)8(3)16(4,13)14/h5,7-8,11H,6H2,1-4H3. The molecule has 0 saturated carbocycles. The maximum Gasteiger partial charge on any atom is 0.208 e. The van der Waals surface area contributed by atoms with Crippen LogP contribution in [0.15, 0.2) is 10.6 Å². The molecule has 0 spiro atoms. The number of aromatic nitrogens is 1. The summed E-state index contributed by atoms with van der Waals surface area (Å²) in [5.41, 5.74) is 0. The highest BCUT2D eigenvalue weighted by molar-refractivity contribution is 7.90. The number of sulfone groups is 1. The Balaban J connectivity index is 2.72. The fourth-order valence-electron chi connectivity index (χ4n) is 1.10. The van der Waals surface area contributed by atoms with Crippen molar-refractivity contribution in [2.45, 2.75) is 38.6 Å². The molecule has 16 heavy (non-hydrogen) atoms. The van der Waals surface area contributed by atoms with Crippen LogP contribution in [0, 0.1) is 0 Å². The van der Waals surface area contributed by atoms with Gasteiger partial charge in [-0.15, -0.1) is 0 Å². The van der Waals surface area contributed by atoms with Crippen LogP contribution in [0.4, 0.5) is 0 Å². The molecule has 0 bridgehead atoms. The quantitative estimate of drug-likeness (QED) is 0.847. The highest BCUT2D eigenvalue weighted by atomic mass is 32.2. The molecule has 1 atom stereocenters. The van der Waals surface area contributed by atoms with E-state index in [0.29, 0.717) is 24.2 Å². The second-order valence-electron chi connectivity index (χ2n) is 4.16. The lowest BCUT2D eigenvalue weighted by molar-refractivity contribution is 0.422. The summed E-state index contributed by atoms with van der Waals surface area (Å²) in [5.74, 6) is 0.905. The lowest BCUT2D eigenvalue weighted by Crippen LogP contribution is -2.21. The van der Waals surface area contributed by atoms with Crippen LogP contribution in [0.25, 0.3) is 0 Å². The SMILES string of the molecule is CC(C)NCc1ncc(C(C)S(C)(=O)=O)o1. The van der Waals surface area contributed by atoms with Gasteiger partial charge in [0.2, 0.25) is 5.89 Å². The summed E-state index contributed by atoms with van der Waals surface area (Å²) in [6.45, 7) is 6.13. The molecule has 1 unspecified atom stereocenters. The second kappa shape index (κ2) is 4.97. The second-order valence-corrected chi connectivity index (χ2v) is 6.53. The van der Waals surface area contributed by atoms with Crippen molar-refractivity contribution < 1.29 is 12.8 Å². The molecule has 1 rings (SSSR count). The van der Waals surface area contributed by atoms with Crippen LogP contribution in [-0.2, 0) is 16.4 Å². The van der Waals surface area contributed by atoms with E-state index in [1.54, 1.807) is 6.92 Å². The van der Waals surface area contributed by atoms with Gasteiger partial charge >= 0.3 is 0 Å². The predicted molar refractivity (Wildman–Crippen MR) is 61.7 cm³/mol. The van der Waals surface area contributed by atoms with Crippen molar-refractivity contribution in [3.63, 3.8) is 0 Å². The zero-order valence-corrected chi connectivity index (χ0v) is 10.8. The Labute approximate surface area is 96.2 Å². The summed E-state index contributed by atoms with van der Waals surface area (Å²) in [6, 6.07) is 0.336. The van der Waals surface area contributed by atoms with E-state index in [4.69, 9.17) is 4.42 Å². The monoisotopic (exact) mass is 246 g/mol. The molecule has 0 radical (unpaired) electrons. The van der Waals surface area contributed by atoms with E-state index in [2.05, 4.69) is 10.3 Å². The molecule has 0 aliphatic carbocycles. The van der Waals surface area contributed by atoms with Crippen molar-refractivity contribution in [1.82, 2.24) is 10.3 Å². The maximum atomic E-state index is 11.3. The van der Waals surface area contributed by atoms with Crippen LogP contribution in [0.2, 0.25) is 0 Å². The molecule has 1 aromatic rings. The van der Waals surface area contributed by atoms with E-state index < -0.39 is 15.1 Å². The molecule has 6 heteroatoms. The van der Waals surface area contributed by atoms with Gasteiger partial charge in [0, 0.05) is 12.3 Å². The van der Waals surface area contributed by atoms with Crippen molar-refractivity contribution in [2.75, 3.05) is 6.26 Å². The molecular formula is C10H18N2O3S. The normalized spacial score (nSPS) is 14.3. The number of nitrogens with one attached hydrogen (secondary N) is 1. The number of rotatable bonds is 5. The summed E-state index contributed by atoms with van der Waals surface area (Å²) in [7, 11) is -3.13. The van der Waals surface area contributed by atoms with Crippen molar-refractivity contribution in [3.8, 4) is 0 Å². The lowest BCUT2D eigenvalue weighted by atomic mass is 10.4. The van der Waals surface area contributed by atoms with Gasteiger partial charge in [-0.25, -0.2) is 13.4 Å². The van der Waals surface area contributed by atoms with Crippen LogP contribution in [0.3, 0.4) is 0 Å². The molecule has 0 aromatic carbocycles. The van der Waals surface area contributed by atoms with E-state index in [0.717, 1.165) is 0 Å². The summed E-state index contributed by atoms with van der Waals surface area (Å²) in [5, 5.41) is 2.50. The van der Waals surface area contributed by atoms with E-state index in [9.17, 15) is 8.42 Å². The Kier molecular flexibility index (Phi) is 4.09. The van der Waals surface area contributed by atoms with Crippen molar-refractivity contribution in [1.29, 1.82) is 0 Å². The summed E-state index contributed by atoms with van der Waals surface area (Å²) >= 11 is 0. The van der Waals surface area contributed by atoms with Gasteiger partial charge in [0.1, 0.15) is 11.0 Å². The number of oxazole rings is 1. The van der Waals surface area contributed by atoms with Gasteiger partial charge in [0.25, 0.3) is 0 Å². The molecule has 1 heterocycles. The highest BCUT2D eigenvalue weighted by Crippen LogP contribution is 2.21. The smallest absolute Gasteiger partial charge is 0.208 e. The molecule has 0 aliphatic rings. The Morgan fingerprint density at radius 3 is 2.56 bits per heavy atom. The van der Waals surface area contributed by atoms with Gasteiger partial charge in [-0.3, -0.25) is 0 Å². The summed E-state index contributed by atoms with van der Waals surface area (Å²) < 4.78 is 28.0. The molecule has 0 amide bonds. The van der Waals surface area contributed by atoms with Crippen molar-refractivity contribution >= 4 is 9.84 Å². The molecule has 1 aromatic heterocycles. The minimum Gasteiger partial charge on any atom is -0.443 e. The number of hydrogen-bond acceptors (Lipinski definition) is 5. The van der Waals surface area contributed by atoms with E-state index >= 15 is 0 Å². The van der Waals surface area contributed by atoms with Crippen LogP contribution in [0.1, 0.15) is 37.7 Å².